The molecule has 1 amide bonds. The van der Waals surface area contributed by atoms with E-state index >= 15 is 0 Å². The Hall–Kier alpha value is -2.00. The van der Waals surface area contributed by atoms with Crippen molar-refractivity contribution >= 4 is 23.2 Å². The lowest BCUT2D eigenvalue weighted by Crippen LogP contribution is -2.43. The fourth-order valence-corrected chi connectivity index (χ4v) is 2.90. The van der Waals surface area contributed by atoms with Crippen LogP contribution >= 0.6 is 11.6 Å². The fraction of sp³-hybridized carbons (Fsp3) is 0.316. The molecule has 2 aromatic carbocycles. The van der Waals surface area contributed by atoms with Gasteiger partial charge in [0, 0.05) is 5.02 Å². The Bertz CT molecular complexity index is 725. The standard InChI is InChI=1S/C19H20ClNO2/c1-12(2)15-6-4-14(5-7-15)11-21-17-10-16(20)8-9-18(17)23-13(3)19(21)22/h4-10,12-13H,11H2,1-3H3. The Morgan fingerprint density at radius 1 is 1.17 bits per heavy atom. The Morgan fingerprint density at radius 2 is 1.87 bits per heavy atom. The first-order chi connectivity index (χ1) is 11.0. The van der Waals surface area contributed by atoms with E-state index in [4.69, 9.17) is 16.3 Å². The average molecular weight is 330 g/mol. The molecule has 0 aromatic heterocycles. The van der Waals surface area contributed by atoms with Crippen molar-refractivity contribution in [1.82, 2.24) is 0 Å². The third-order valence-corrected chi connectivity index (χ3v) is 4.35. The minimum Gasteiger partial charge on any atom is -0.479 e. The fourth-order valence-electron chi connectivity index (χ4n) is 2.73. The van der Waals surface area contributed by atoms with Gasteiger partial charge in [-0.15, -0.1) is 0 Å². The second-order valence-electron chi connectivity index (χ2n) is 6.19. The summed E-state index contributed by atoms with van der Waals surface area (Å²) in [5.41, 5.74) is 3.11. The van der Waals surface area contributed by atoms with Crippen LogP contribution in [0, 0.1) is 0 Å². The molecule has 3 rings (SSSR count). The van der Waals surface area contributed by atoms with Crippen LogP contribution < -0.4 is 9.64 Å². The van der Waals surface area contributed by atoms with Crippen molar-refractivity contribution in [2.75, 3.05) is 4.90 Å². The van der Waals surface area contributed by atoms with Gasteiger partial charge in [-0.2, -0.15) is 0 Å². The van der Waals surface area contributed by atoms with E-state index in [1.165, 1.54) is 5.56 Å². The maximum atomic E-state index is 12.5. The zero-order chi connectivity index (χ0) is 16.6. The molecule has 1 atom stereocenters. The molecule has 0 saturated heterocycles. The Balaban J connectivity index is 1.92. The van der Waals surface area contributed by atoms with Crippen molar-refractivity contribution in [3.8, 4) is 5.75 Å². The largest absolute Gasteiger partial charge is 0.479 e. The number of benzene rings is 2. The number of hydrogen-bond donors (Lipinski definition) is 0. The average Bonchev–Trinajstić information content (AvgIpc) is 2.53. The van der Waals surface area contributed by atoms with Gasteiger partial charge in [0.1, 0.15) is 5.75 Å². The second-order valence-corrected chi connectivity index (χ2v) is 6.63. The van der Waals surface area contributed by atoms with Crippen LogP contribution in [-0.4, -0.2) is 12.0 Å². The molecule has 1 heterocycles. The molecule has 0 spiro atoms. The molecule has 3 nitrogen and oxygen atoms in total. The maximum absolute atomic E-state index is 12.5. The van der Waals surface area contributed by atoms with E-state index in [-0.39, 0.29) is 5.91 Å². The van der Waals surface area contributed by atoms with Crippen LogP contribution in [0.2, 0.25) is 5.02 Å². The molecular weight excluding hydrogens is 310 g/mol. The molecule has 1 aliphatic rings. The summed E-state index contributed by atoms with van der Waals surface area (Å²) in [5.74, 6) is 1.14. The van der Waals surface area contributed by atoms with Crippen molar-refractivity contribution in [3.63, 3.8) is 0 Å². The number of rotatable bonds is 3. The summed E-state index contributed by atoms with van der Waals surface area (Å²) in [5, 5.41) is 0.592. The lowest BCUT2D eigenvalue weighted by Gasteiger charge is -2.33. The van der Waals surface area contributed by atoms with Gasteiger partial charge in [0.2, 0.25) is 0 Å². The predicted octanol–water partition coefficient (Wildman–Crippen LogP) is 4.78. The lowest BCUT2D eigenvalue weighted by atomic mass is 10.0. The van der Waals surface area contributed by atoms with Gasteiger partial charge in [-0.1, -0.05) is 49.7 Å². The van der Waals surface area contributed by atoms with Crippen molar-refractivity contribution in [1.29, 1.82) is 0 Å². The van der Waals surface area contributed by atoms with Crippen LogP contribution in [0.15, 0.2) is 42.5 Å². The first-order valence-corrected chi connectivity index (χ1v) is 8.20. The van der Waals surface area contributed by atoms with Gasteiger partial charge in [0.25, 0.3) is 5.91 Å². The molecule has 2 aromatic rings. The van der Waals surface area contributed by atoms with Crippen molar-refractivity contribution in [2.45, 2.75) is 39.3 Å². The molecular formula is C19H20ClNO2. The minimum absolute atomic E-state index is 0.0484. The molecule has 0 fully saturated rings. The SMILES string of the molecule is CC1Oc2ccc(Cl)cc2N(Cc2ccc(C(C)C)cc2)C1=O. The van der Waals surface area contributed by atoms with Gasteiger partial charge in [-0.25, -0.2) is 0 Å². The Morgan fingerprint density at radius 3 is 2.52 bits per heavy atom. The number of fused-ring (bicyclic) bond motifs is 1. The highest BCUT2D eigenvalue weighted by Crippen LogP contribution is 2.37. The quantitative estimate of drug-likeness (QED) is 0.811. The number of ether oxygens (including phenoxy) is 1. The number of anilines is 1. The third-order valence-electron chi connectivity index (χ3n) is 4.12. The van der Waals surface area contributed by atoms with Crippen LogP contribution in [0.4, 0.5) is 5.69 Å². The van der Waals surface area contributed by atoms with Crippen molar-refractivity contribution in [2.24, 2.45) is 0 Å². The zero-order valence-electron chi connectivity index (χ0n) is 13.5. The summed E-state index contributed by atoms with van der Waals surface area (Å²) in [6.45, 7) is 6.62. The summed E-state index contributed by atoms with van der Waals surface area (Å²) >= 11 is 6.09. The summed E-state index contributed by atoms with van der Waals surface area (Å²) in [4.78, 5) is 14.3. The van der Waals surface area contributed by atoms with Crippen LogP contribution in [0.25, 0.3) is 0 Å². The normalized spacial score (nSPS) is 17.2. The van der Waals surface area contributed by atoms with Crippen LogP contribution in [0.3, 0.4) is 0 Å². The monoisotopic (exact) mass is 329 g/mol. The summed E-state index contributed by atoms with van der Waals surface area (Å²) in [7, 11) is 0. The zero-order valence-corrected chi connectivity index (χ0v) is 14.3. The Labute approximate surface area is 141 Å². The molecule has 0 bridgehead atoms. The van der Waals surface area contributed by atoms with Crippen LogP contribution in [-0.2, 0) is 11.3 Å². The minimum atomic E-state index is -0.487. The topological polar surface area (TPSA) is 29.5 Å². The number of halogens is 1. The van der Waals surface area contributed by atoms with Gasteiger partial charge in [-0.3, -0.25) is 4.79 Å². The van der Waals surface area contributed by atoms with Gasteiger partial charge < -0.3 is 9.64 Å². The molecule has 0 N–H and O–H groups in total. The molecule has 1 unspecified atom stereocenters. The molecule has 0 saturated carbocycles. The lowest BCUT2D eigenvalue weighted by molar-refractivity contribution is -0.125. The smallest absolute Gasteiger partial charge is 0.268 e. The first-order valence-electron chi connectivity index (χ1n) is 7.82. The number of nitrogens with zero attached hydrogens (tertiary/aromatic N) is 1. The van der Waals surface area contributed by atoms with Crippen LogP contribution in [0.5, 0.6) is 5.75 Å². The van der Waals surface area contributed by atoms with E-state index in [1.54, 1.807) is 24.0 Å². The predicted molar refractivity (Wildman–Crippen MR) is 93.3 cm³/mol. The van der Waals surface area contributed by atoms with E-state index in [1.807, 2.05) is 6.07 Å². The second kappa shape index (κ2) is 6.25. The summed E-state index contributed by atoms with van der Waals surface area (Å²) in [6.07, 6.45) is -0.487. The van der Waals surface area contributed by atoms with Gasteiger partial charge in [0.15, 0.2) is 6.10 Å². The molecule has 23 heavy (non-hydrogen) atoms. The number of amides is 1. The van der Waals surface area contributed by atoms with Gasteiger partial charge in [-0.05, 0) is 42.2 Å². The van der Waals surface area contributed by atoms with Gasteiger partial charge in [0.05, 0.1) is 12.2 Å². The molecule has 0 aliphatic carbocycles. The van der Waals surface area contributed by atoms with E-state index in [0.29, 0.717) is 23.2 Å². The highest BCUT2D eigenvalue weighted by atomic mass is 35.5. The van der Waals surface area contributed by atoms with E-state index < -0.39 is 6.10 Å². The number of carbonyl (C=O) groups excluding carboxylic acids is 1. The first kappa shape index (κ1) is 15.9. The number of carbonyl (C=O) groups is 1. The van der Waals surface area contributed by atoms with Crippen LogP contribution in [0.1, 0.15) is 37.8 Å². The highest BCUT2D eigenvalue weighted by Gasteiger charge is 2.31. The van der Waals surface area contributed by atoms with E-state index in [0.717, 1.165) is 11.3 Å². The molecule has 120 valence electrons. The van der Waals surface area contributed by atoms with Crippen molar-refractivity contribution in [3.05, 3.63) is 58.6 Å². The van der Waals surface area contributed by atoms with Crippen molar-refractivity contribution < 1.29 is 9.53 Å². The molecule has 4 heteroatoms. The van der Waals surface area contributed by atoms with E-state index in [9.17, 15) is 4.79 Å². The van der Waals surface area contributed by atoms with E-state index in [2.05, 4.69) is 38.1 Å². The third kappa shape index (κ3) is 3.20. The molecule has 1 aliphatic heterocycles. The highest BCUT2D eigenvalue weighted by molar-refractivity contribution is 6.31. The maximum Gasteiger partial charge on any atom is 0.268 e. The Kier molecular flexibility index (Phi) is 4.31. The number of hydrogen-bond acceptors (Lipinski definition) is 2. The molecule has 0 radical (unpaired) electrons. The summed E-state index contributed by atoms with van der Waals surface area (Å²) < 4.78 is 5.67. The summed E-state index contributed by atoms with van der Waals surface area (Å²) in [6, 6.07) is 13.8. The van der Waals surface area contributed by atoms with Gasteiger partial charge >= 0.3 is 0 Å².